The summed E-state index contributed by atoms with van der Waals surface area (Å²) in [4.78, 5) is 30.3. The van der Waals surface area contributed by atoms with Crippen molar-refractivity contribution in [1.82, 2.24) is 9.88 Å². The number of nitrogens with one attached hydrogen (secondary N) is 2. The largest absolute Gasteiger partial charge is 0.466 e. The highest BCUT2D eigenvalue weighted by Gasteiger charge is 2.36. The summed E-state index contributed by atoms with van der Waals surface area (Å²) in [5.74, 6) is -0.649. The molecule has 2 amide bonds. The average Bonchev–Trinajstić information content (AvgIpc) is 3.24. The Morgan fingerprint density at radius 3 is 2.57 bits per heavy atom. The number of ether oxygens (including phenoxy) is 1. The zero-order chi connectivity index (χ0) is 24.4. The Labute approximate surface area is 202 Å². The second-order valence-electron chi connectivity index (χ2n) is 8.54. The third kappa shape index (κ3) is 4.49. The lowest BCUT2D eigenvalue weighted by Crippen LogP contribution is -2.43. The highest BCUT2D eigenvalue weighted by Crippen LogP contribution is 2.39. The molecule has 0 spiro atoms. The van der Waals surface area contributed by atoms with Gasteiger partial charge in [0.2, 0.25) is 0 Å². The van der Waals surface area contributed by atoms with E-state index in [2.05, 4.69) is 16.4 Å². The van der Waals surface area contributed by atoms with Crippen molar-refractivity contribution in [2.24, 2.45) is 0 Å². The fraction of sp³-hybridized carbons (Fsp3) is 0.214. The lowest BCUT2D eigenvalue weighted by atomic mass is 9.92. The highest BCUT2D eigenvalue weighted by atomic mass is 19.1. The number of hydrogen-bond donors (Lipinski definition) is 2. The molecule has 35 heavy (non-hydrogen) atoms. The Kier molecular flexibility index (Phi) is 6.23. The number of halogens is 1. The number of nitrogens with zero attached hydrogens (tertiary/aromatic N) is 1. The Balaban J connectivity index is 1.44. The van der Waals surface area contributed by atoms with E-state index >= 15 is 0 Å². The Bertz CT molecular complexity index is 1380. The van der Waals surface area contributed by atoms with E-state index in [1.54, 1.807) is 54.3 Å². The number of amides is 2. The molecule has 3 aromatic carbocycles. The summed E-state index contributed by atoms with van der Waals surface area (Å²) in [6.45, 7) is 2.55. The fourth-order valence-corrected chi connectivity index (χ4v) is 4.76. The second-order valence-corrected chi connectivity index (χ2v) is 8.54. The highest BCUT2D eigenvalue weighted by molar-refractivity contribution is 5.91. The lowest BCUT2D eigenvalue weighted by Gasteiger charge is -2.36. The van der Waals surface area contributed by atoms with Crippen molar-refractivity contribution >= 4 is 28.6 Å². The number of aromatic amines is 1. The van der Waals surface area contributed by atoms with Crippen molar-refractivity contribution < 1.29 is 18.7 Å². The summed E-state index contributed by atoms with van der Waals surface area (Å²) < 4.78 is 20.0. The van der Waals surface area contributed by atoms with Crippen molar-refractivity contribution in [3.63, 3.8) is 0 Å². The number of urea groups is 1. The Morgan fingerprint density at radius 2 is 1.80 bits per heavy atom. The van der Waals surface area contributed by atoms with E-state index in [0.717, 1.165) is 27.7 Å². The van der Waals surface area contributed by atoms with E-state index in [4.69, 9.17) is 4.74 Å². The van der Waals surface area contributed by atoms with Gasteiger partial charge in [0.15, 0.2) is 0 Å². The molecule has 4 aromatic rings. The van der Waals surface area contributed by atoms with Gasteiger partial charge in [0.25, 0.3) is 0 Å². The monoisotopic (exact) mass is 471 g/mol. The minimum absolute atomic E-state index is 0.173. The summed E-state index contributed by atoms with van der Waals surface area (Å²) in [5, 5.41) is 4.03. The number of hydrogen-bond acceptors (Lipinski definition) is 3. The number of carbonyl (C=O) groups is 2. The molecule has 2 N–H and O–H groups in total. The first kappa shape index (κ1) is 22.7. The van der Waals surface area contributed by atoms with E-state index in [0.29, 0.717) is 30.8 Å². The molecule has 0 radical (unpaired) electrons. The molecule has 1 aliphatic heterocycles. The summed E-state index contributed by atoms with van der Waals surface area (Å²) in [5.41, 5.74) is 4.76. The molecule has 1 aromatic heterocycles. The van der Waals surface area contributed by atoms with Crippen LogP contribution < -0.4 is 5.32 Å². The molecule has 178 valence electrons. The van der Waals surface area contributed by atoms with Gasteiger partial charge < -0.3 is 19.9 Å². The van der Waals surface area contributed by atoms with Crippen molar-refractivity contribution in [2.75, 3.05) is 18.5 Å². The zero-order valence-corrected chi connectivity index (χ0v) is 19.4. The van der Waals surface area contributed by atoms with E-state index in [-0.39, 0.29) is 24.2 Å². The summed E-state index contributed by atoms with van der Waals surface area (Å²) in [6.07, 6.45) is 0.836. The molecule has 1 aliphatic rings. The second kappa shape index (κ2) is 9.62. The molecule has 0 bridgehead atoms. The third-order valence-corrected chi connectivity index (χ3v) is 6.35. The van der Waals surface area contributed by atoms with Crippen LogP contribution in [0.1, 0.15) is 35.3 Å². The van der Waals surface area contributed by atoms with Crippen molar-refractivity contribution in [1.29, 1.82) is 0 Å². The molecule has 0 saturated carbocycles. The van der Waals surface area contributed by atoms with Crippen LogP contribution in [-0.2, 0) is 22.4 Å². The van der Waals surface area contributed by atoms with Gasteiger partial charge in [-0.2, -0.15) is 0 Å². The SMILES string of the molecule is CCOC(=O)Cc1ccc(NC(=O)N2CCc3c([nH]c4ccccc34)[C@H]2c2ccccc2F)cc1. The van der Waals surface area contributed by atoms with Gasteiger partial charge in [-0.15, -0.1) is 0 Å². The van der Waals surface area contributed by atoms with Gasteiger partial charge in [0, 0.05) is 34.4 Å². The summed E-state index contributed by atoms with van der Waals surface area (Å²) in [7, 11) is 0. The van der Waals surface area contributed by atoms with Gasteiger partial charge >= 0.3 is 12.0 Å². The van der Waals surface area contributed by atoms with Crippen LogP contribution in [0, 0.1) is 5.82 Å². The average molecular weight is 472 g/mol. The minimum Gasteiger partial charge on any atom is -0.466 e. The minimum atomic E-state index is -0.588. The quantitative estimate of drug-likeness (QED) is 0.373. The molecular weight excluding hydrogens is 445 g/mol. The van der Waals surface area contributed by atoms with Crippen LogP contribution >= 0.6 is 0 Å². The van der Waals surface area contributed by atoms with Gasteiger partial charge in [0.1, 0.15) is 11.9 Å². The van der Waals surface area contributed by atoms with Crippen LogP contribution in [0.4, 0.5) is 14.9 Å². The molecule has 6 nitrogen and oxygen atoms in total. The molecule has 7 heteroatoms. The first-order valence-electron chi connectivity index (χ1n) is 11.7. The number of para-hydroxylation sites is 1. The predicted molar refractivity (Wildman–Crippen MR) is 133 cm³/mol. The molecule has 1 atom stereocenters. The summed E-state index contributed by atoms with van der Waals surface area (Å²) >= 11 is 0. The fourth-order valence-electron chi connectivity index (χ4n) is 4.76. The molecule has 0 saturated heterocycles. The normalized spacial score (nSPS) is 15.0. The number of esters is 1. The molecule has 0 fully saturated rings. The van der Waals surface area contributed by atoms with E-state index in [1.165, 1.54) is 6.07 Å². The molecular formula is C28H26FN3O3. The van der Waals surface area contributed by atoms with Gasteiger partial charge in [-0.1, -0.05) is 48.5 Å². The molecule has 0 aliphatic carbocycles. The van der Waals surface area contributed by atoms with Crippen molar-refractivity contribution in [3.8, 4) is 0 Å². The van der Waals surface area contributed by atoms with Crippen LogP contribution in [0.3, 0.4) is 0 Å². The maximum Gasteiger partial charge on any atom is 0.322 e. The standard InChI is InChI=1S/C28H26FN3O3/c1-2-35-25(33)17-18-11-13-19(14-12-18)30-28(34)32-16-15-21-20-7-4-6-10-24(20)31-26(21)27(32)22-8-3-5-9-23(22)29/h3-14,27,31H,2,15-17H2,1H3,(H,30,34)/t27-/m1/s1. The maximum absolute atomic E-state index is 15.0. The summed E-state index contributed by atoms with van der Waals surface area (Å²) in [6, 6.07) is 20.7. The smallest absolute Gasteiger partial charge is 0.322 e. The van der Waals surface area contributed by atoms with Crippen LogP contribution in [-0.4, -0.2) is 35.0 Å². The van der Waals surface area contributed by atoms with E-state index in [9.17, 15) is 14.0 Å². The number of H-pyrrole nitrogens is 1. The first-order valence-corrected chi connectivity index (χ1v) is 11.7. The zero-order valence-electron chi connectivity index (χ0n) is 19.4. The Hall–Kier alpha value is -4.13. The van der Waals surface area contributed by atoms with Crippen LogP contribution in [0.15, 0.2) is 72.8 Å². The Morgan fingerprint density at radius 1 is 1.06 bits per heavy atom. The number of carbonyl (C=O) groups excluding carboxylic acids is 2. The lowest BCUT2D eigenvalue weighted by molar-refractivity contribution is -0.142. The van der Waals surface area contributed by atoms with Gasteiger partial charge in [-0.3, -0.25) is 4.79 Å². The number of aromatic nitrogens is 1. The van der Waals surface area contributed by atoms with Crippen molar-refractivity contribution in [3.05, 3.63) is 101 Å². The van der Waals surface area contributed by atoms with Gasteiger partial charge in [-0.25, -0.2) is 9.18 Å². The van der Waals surface area contributed by atoms with Crippen LogP contribution in [0.2, 0.25) is 0 Å². The number of rotatable bonds is 5. The maximum atomic E-state index is 15.0. The van der Waals surface area contributed by atoms with Gasteiger partial charge in [0.05, 0.1) is 13.0 Å². The van der Waals surface area contributed by atoms with Crippen LogP contribution in [0.5, 0.6) is 0 Å². The molecule has 5 rings (SSSR count). The number of benzene rings is 3. The first-order chi connectivity index (χ1) is 17.0. The predicted octanol–water partition coefficient (Wildman–Crippen LogP) is 5.59. The van der Waals surface area contributed by atoms with E-state index in [1.807, 2.05) is 18.2 Å². The number of anilines is 1. The van der Waals surface area contributed by atoms with Crippen LogP contribution in [0.25, 0.3) is 10.9 Å². The van der Waals surface area contributed by atoms with Crippen molar-refractivity contribution in [2.45, 2.75) is 25.8 Å². The molecule has 0 unspecified atom stereocenters. The third-order valence-electron chi connectivity index (χ3n) is 6.35. The molecule has 2 heterocycles. The van der Waals surface area contributed by atoms with Gasteiger partial charge in [-0.05, 0) is 48.7 Å². The topological polar surface area (TPSA) is 74.4 Å². The number of fused-ring (bicyclic) bond motifs is 3. The van der Waals surface area contributed by atoms with E-state index < -0.39 is 6.04 Å².